The van der Waals surface area contributed by atoms with E-state index in [1.165, 1.54) is 5.00 Å². The summed E-state index contributed by atoms with van der Waals surface area (Å²) in [6.07, 6.45) is 7.44. The quantitative estimate of drug-likeness (QED) is 0.812. The standard InChI is InChI=1S/C14H21N3S/c1-14(2,7-3-4-8-15)12-10-17(11-16-12)13-6-5-9-18-13/h5-6,9-11H,3-4,7-8,15H2,1-2H3. The predicted molar refractivity (Wildman–Crippen MR) is 77.4 cm³/mol. The van der Waals surface area contributed by atoms with E-state index in [-0.39, 0.29) is 5.41 Å². The summed E-state index contributed by atoms with van der Waals surface area (Å²) in [6, 6.07) is 4.17. The molecule has 0 aliphatic carbocycles. The molecule has 2 heterocycles. The van der Waals surface area contributed by atoms with Crippen molar-refractivity contribution in [3.8, 4) is 5.00 Å². The number of hydrogen-bond acceptors (Lipinski definition) is 3. The molecule has 0 aliphatic heterocycles. The minimum absolute atomic E-state index is 0.123. The van der Waals surface area contributed by atoms with E-state index in [0.29, 0.717) is 0 Å². The molecular formula is C14H21N3S. The summed E-state index contributed by atoms with van der Waals surface area (Å²) in [6.45, 7) is 5.29. The minimum Gasteiger partial charge on any atom is -0.330 e. The molecule has 0 spiro atoms. The van der Waals surface area contributed by atoms with Gasteiger partial charge in [-0.3, -0.25) is 4.57 Å². The average molecular weight is 263 g/mol. The van der Waals surface area contributed by atoms with Crippen molar-refractivity contribution < 1.29 is 0 Å². The van der Waals surface area contributed by atoms with Crippen LogP contribution in [0.25, 0.3) is 5.00 Å². The van der Waals surface area contributed by atoms with Gasteiger partial charge < -0.3 is 5.73 Å². The van der Waals surface area contributed by atoms with Crippen LogP contribution in [0.2, 0.25) is 0 Å². The molecule has 0 saturated carbocycles. The zero-order valence-electron chi connectivity index (χ0n) is 11.1. The summed E-state index contributed by atoms with van der Waals surface area (Å²) >= 11 is 1.73. The van der Waals surface area contributed by atoms with E-state index in [1.54, 1.807) is 11.3 Å². The molecule has 2 aromatic rings. The number of thiophene rings is 1. The lowest BCUT2D eigenvalue weighted by atomic mass is 9.84. The van der Waals surface area contributed by atoms with Crippen LogP contribution in [0.5, 0.6) is 0 Å². The van der Waals surface area contributed by atoms with Gasteiger partial charge in [-0.15, -0.1) is 11.3 Å². The minimum atomic E-state index is 0.123. The Labute approximate surface area is 113 Å². The van der Waals surface area contributed by atoms with Crippen LogP contribution < -0.4 is 5.73 Å². The lowest BCUT2D eigenvalue weighted by Gasteiger charge is -2.22. The van der Waals surface area contributed by atoms with Gasteiger partial charge in [0.1, 0.15) is 11.3 Å². The summed E-state index contributed by atoms with van der Waals surface area (Å²) in [5.41, 5.74) is 6.83. The molecule has 0 bridgehead atoms. The van der Waals surface area contributed by atoms with Crippen molar-refractivity contribution in [3.05, 3.63) is 35.7 Å². The Hall–Kier alpha value is -1.13. The Bertz CT molecular complexity index is 471. The average Bonchev–Trinajstić information content (AvgIpc) is 3.00. The van der Waals surface area contributed by atoms with Gasteiger partial charge in [0.25, 0.3) is 0 Å². The first kappa shape index (κ1) is 13.3. The van der Waals surface area contributed by atoms with E-state index in [9.17, 15) is 0 Å². The van der Waals surface area contributed by atoms with Crippen molar-refractivity contribution in [2.45, 2.75) is 38.5 Å². The molecule has 98 valence electrons. The highest BCUT2D eigenvalue weighted by Crippen LogP contribution is 2.28. The molecule has 0 unspecified atom stereocenters. The highest BCUT2D eigenvalue weighted by Gasteiger charge is 2.22. The van der Waals surface area contributed by atoms with Crippen molar-refractivity contribution in [1.82, 2.24) is 9.55 Å². The van der Waals surface area contributed by atoms with E-state index in [1.807, 2.05) is 6.33 Å². The molecule has 2 N–H and O–H groups in total. The molecule has 0 radical (unpaired) electrons. The molecule has 0 fully saturated rings. The third-order valence-electron chi connectivity index (χ3n) is 3.29. The Morgan fingerprint density at radius 3 is 2.89 bits per heavy atom. The number of rotatable bonds is 6. The van der Waals surface area contributed by atoms with Gasteiger partial charge in [0.2, 0.25) is 0 Å². The second kappa shape index (κ2) is 5.67. The molecule has 0 aromatic carbocycles. The predicted octanol–water partition coefficient (Wildman–Crippen LogP) is 3.34. The van der Waals surface area contributed by atoms with Gasteiger partial charge in [-0.2, -0.15) is 0 Å². The molecule has 4 heteroatoms. The van der Waals surface area contributed by atoms with Gasteiger partial charge in [0.15, 0.2) is 0 Å². The second-order valence-corrected chi connectivity index (χ2v) is 6.17. The van der Waals surface area contributed by atoms with E-state index < -0.39 is 0 Å². The fraction of sp³-hybridized carbons (Fsp3) is 0.500. The SMILES string of the molecule is CC(C)(CCCCN)c1cn(-c2cccs2)cn1. The Balaban J connectivity index is 2.09. The molecule has 3 nitrogen and oxygen atoms in total. The highest BCUT2D eigenvalue weighted by atomic mass is 32.1. The fourth-order valence-corrected chi connectivity index (χ4v) is 2.72. The number of nitrogens with two attached hydrogens (primary N) is 1. The van der Waals surface area contributed by atoms with Gasteiger partial charge in [-0.05, 0) is 36.9 Å². The van der Waals surface area contributed by atoms with Crippen molar-refractivity contribution in [2.24, 2.45) is 5.73 Å². The normalized spacial score (nSPS) is 11.9. The third-order valence-corrected chi connectivity index (χ3v) is 4.17. The summed E-state index contributed by atoms with van der Waals surface area (Å²) in [5.74, 6) is 0. The monoisotopic (exact) mass is 263 g/mol. The van der Waals surface area contributed by atoms with Crippen LogP contribution in [0.1, 0.15) is 38.8 Å². The van der Waals surface area contributed by atoms with Gasteiger partial charge in [0, 0.05) is 11.6 Å². The summed E-state index contributed by atoms with van der Waals surface area (Å²) in [7, 11) is 0. The first-order chi connectivity index (χ1) is 8.63. The number of aromatic nitrogens is 2. The van der Waals surface area contributed by atoms with E-state index in [2.05, 4.69) is 47.1 Å². The molecule has 18 heavy (non-hydrogen) atoms. The van der Waals surface area contributed by atoms with Crippen LogP contribution in [-0.2, 0) is 5.41 Å². The Morgan fingerprint density at radius 2 is 2.22 bits per heavy atom. The van der Waals surface area contributed by atoms with E-state index in [0.717, 1.165) is 31.5 Å². The summed E-state index contributed by atoms with van der Waals surface area (Å²) in [5, 5.41) is 3.30. The zero-order chi connectivity index (χ0) is 13.0. The van der Waals surface area contributed by atoms with Crippen molar-refractivity contribution in [3.63, 3.8) is 0 Å². The maximum absolute atomic E-state index is 5.55. The molecule has 2 rings (SSSR count). The third kappa shape index (κ3) is 3.00. The zero-order valence-corrected chi connectivity index (χ0v) is 11.9. The summed E-state index contributed by atoms with van der Waals surface area (Å²) in [4.78, 5) is 4.56. The fourth-order valence-electron chi connectivity index (χ4n) is 2.05. The largest absolute Gasteiger partial charge is 0.330 e. The first-order valence-corrected chi connectivity index (χ1v) is 7.30. The topological polar surface area (TPSA) is 43.8 Å². The van der Waals surface area contributed by atoms with Crippen LogP contribution in [0.15, 0.2) is 30.0 Å². The maximum Gasteiger partial charge on any atom is 0.100 e. The molecule has 0 amide bonds. The van der Waals surface area contributed by atoms with Crippen LogP contribution >= 0.6 is 11.3 Å². The van der Waals surface area contributed by atoms with Gasteiger partial charge in [-0.1, -0.05) is 20.3 Å². The molecule has 0 saturated heterocycles. The smallest absolute Gasteiger partial charge is 0.100 e. The lowest BCUT2D eigenvalue weighted by molar-refractivity contribution is 0.443. The molecule has 0 atom stereocenters. The van der Waals surface area contributed by atoms with Crippen LogP contribution in [0.4, 0.5) is 0 Å². The number of imidazole rings is 1. The second-order valence-electron chi connectivity index (χ2n) is 5.25. The molecule has 0 aliphatic rings. The van der Waals surface area contributed by atoms with Crippen LogP contribution in [0, 0.1) is 0 Å². The van der Waals surface area contributed by atoms with Crippen LogP contribution in [0.3, 0.4) is 0 Å². The number of unbranched alkanes of at least 4 members (excludes halogenated alkanes) is 1. The highest BCUT2D eigenvalue weighted by molar-refractivity contribution is 7.12. The van der Waals surface area contributed by atoms with Crippen molar-refractivity contribution >= 4 is 11.3 Å². The Morgan fingerprint density at radius 1 is 1.39 bits per heavy atom. The van der Waals surface area contributed by atoms with Crippen molar-refractivity contribution in [2.75, 3.05) is 6.54 Å². The van der Waals surface area contributed by atoms with Gasteiger partial charge >= 0.3 is 0 Å². The Kier molecular flexibility index (Phi) is 4.19. The van der Waals surface area contributed by atoms with Crippen molar-refractivity contribution in [1.29, 1.82) is 0 Å². The van der Waals surface area contributed by atoms with Crippen LogP contribution in [-0.4, -0.2) is 16.1 Å². The summed E-state index contributed by atoms with van der Waals surface area (Å²) < 4.78 is 2.10. The molecule has 2 aromatic heterocycles. The van der Waals surface area contributed by atoms with E-state index in [4.69, 9.17) is 5.73 Å². The molecular weight excluding hydrogens is 242 g/mol. The first-order valence-electron chi connectivity index (χ1n) is 6.42. The maximum atomic E-state index is 5.55. The van der Waals surface area contributed by atoms with E-state index >= 15 is 0 Å². The van der Waals surface area contributed by atoms with Gasteiger partial charge in [-0.25, -0.2) is 4.98 Å². The number of nitrogens with zero attached hydrogens (tertiary/aromatic N) is 2. The van der Waals surface area contributed by atoms with Gasteiger partial charge in [0.05, 0.1) is 5.69 Å². The lowest BCUT2D eigenvalue weighted by Crippen LogP contribution is -2.18. The number of hydrogen-bond donors (Lipinski definition) is 1.